The average molecular weight is 271 g/mol. The van der Waals surface area contributed by atoms with Gasteiger partial charge in [-0.25, -0.2) is 4.39 Å². The molecule has 1 N–H and O–H groups in total. The van der Waals surface area contributed by atoms with Gasteiger partial charge in [0.25, 0.3) is 0 Å². The number of nitrogens with one attached hydrogen (secondary N) is 1. The Balaban J connectivity index is 1.81. The highest BCUT2D eigenvalue weighted by atomic mass is 35.5. The van der Waals surface area contributed by atoms with Gasteiger partial charge >= 0.3 is 0 Å². The second-order valence-electron chi connectivity index (χ2n) is 4.88. The van der Waals surface area contributed by atoms with Gasteiger partial charge in [0, 0.05) is 17.3 Å². The summed E-state index contributed by atoms with van der Waals surface area (Å²) >= 11 is 5.82. The number of carbonyl (C=O) groups is 1. The molecule has 0 spiro atoms. The summed E-state index contributed by atoms with van der Waals surface area (Å²) in [4.78, 5) is 13.4. The van der Waals surface area contributed by atoms with Crippen LogP contribution in [0.15, 0.2) is 24.3 Å². The number of carbonyl (C=O) groups excluding carboxylic acids is 1. The second kappa shape index (κ2) is 5.24. The molecule has 0 radical (unpaired) electrons. The summed E-state index contributed by atoms with van der Waals surface area (Å²) in [6, 6.07) is 6.95. The molecule has 98 valence electrons. The van der Waals surface area contributed by atoms with Crippen molar-refractivity contribution in [1.29, 1.82) is 0 Å². The first-order chi connectivity index (χ1) is 8.47. The molecule has 0 unspecified atom stereocenters. The number of benzene rings is 1. The summed E-state index contributed by atoms with van der Waals surface area (Å²) in [7, 11) is 1.75. The van der Waals surface area contributed by atoms with E-state index in [1.807, 2.05) is 0 Å². The summed E-state index contributed by atoms with van der Waals surface area (Å²) in [5.41, 5.74) is -0.410. The van der Waals surface area contributed by atoms with Gasteiger partial charge in [0.05, 0.1) is 6.54 Å². The fourth-order valence-electron chi connectivity index (χ4n) is 1.85. The predicted octanol–water partition coefficient (Wildman–Crippen LogP) is 2.71. The highest BCUT2D eigenvalue weighted by Gasteiger charge is 2.43. The van der Waals surface area contributed by atoms with Crippen LogP contribution >= 0.6 is 11.6 Å². The first-order valence-corrected chi connectivity index (χ1v) is 6.28. The predicted molar refractivity (Wildman–Crippen MR) is 70.7 cm³/mol. The minimum atomic E-state index is -1.06. The molecule has 3 nitrogen and oxygen atoms in total. The lowest BCUT2D eigenvalue weighted by atomic mass is 10.3. The molecular formula is C13H16ClFN2O. The van der Waals surface area contributed by atoms with Crippen LogP contribution in [0.3, 0.4) is 0 Å². The van der Waals surface area contributed by atoms with Crippen molar-refractivity contribution in [3.63, 3.8) is 0 Å². The number of anilines is 1. The molecular weight excluding hydrogens is 255 g/mol. The number of hydrogen-bond acceptors (Lipinski definition) is 2. The van der Waals surface area contributed by atoms with Gasteiger partial charge in [0.2, 0.25) is 5.91 Å². The van der Waals surface area contributed by atoms with Gasteiger partial charge in [-0.1, -0.05) is 17.7 Å². The van der Waals surface area contributed by atoms with Crippen molar-refractivity contribution in [2.75, 3.05) is 25.5 Å². The van der Waals surface area contributed by atoms with E-state index in [0.29, 0.717) is 30.1 Å². The van der Waals surface area contributed by atoms with E-state index >= 15 is 0 Å². The van der Waals surface area contributed by atoms with E-state index < -0.39 is 5.67 Å². The van der Waals surface area contributed by atoms with E-state index in [1.54, 1.807) is 36.2 Å². The summed E-state index contributed by atoms with van der Waals surface area (Å²) in [5, 5.41) is 3.30. The third-order valence-electron chi connectivity index (χ3n) is 2.87. The Hall–Kier alpha value is -1.13. The van der Waals surface area contributed by atoms with Gasteiger partial charge in [0.15, 0.2) is 0 Å². The normalized spacial score (nSPS) is 16.7. The van der Waals surface area contributed by atoms with Crippen LogP contribution in [0.1, 0.15) is 12.8 Å². The Bertz CT molecular complexity index is 448. The highest BCUT2D eigenvalue weighted by molar-refractivity contribution is 6.30. The van der Waals surface area contributed by atoms with Gasteiger partial charge in [-0.15, -0.1) is 0 Å². The molecule has 1 saturated carbocycles. The molecule has 1 aliphatic carbocycles. The van der Waals surface area contributed by atoms with E-state index in [4.69, 9.17) is 11.6 Å². The topological polar surface area (TPSA) is 32.3 Å². The summed E-state index contributed by atoms with van der Waals surface area (Å²) in [6.07, 6.45) is 1.21. The minimum absolute atomic E-state index is 0.163. The Morgan fingerprint density at radius 3 is 2.89 bits per heavy atom. The Kier molecular flexibility index (Phi) is 3.88. The fourth-order valence-corrected chi connectivity index (χ4v) is 2.04. The van der Waals surface area contributed by atoms with Crippen molar-refractivity contribution in [2.24, 2.45) is 0 Å². The summed E-state index contributed by atoms with van der Waals surface area (Å²) in [6.45, 7) is 0.494. The van der Waals surface area contributed by atoms with Gasteiger partial charge in [-0.3, -0.25) is 9.69 Å². The quantitative estimate of drug-likeness (QED) is 0.892. The van der Waals surface area contributed by atoms with Crippen molar-refractivity contribution in [2.45, 2.75) is 18.5 Å². The maximum atomic E-state index is 13.5. The molecule has 1 amide bonds. The maximum absolute atomic E-state index is 13.5. The SMILES string of the molecule is CN(CC(=O)Nc1cccc(Cl)c1)CC1(F)CC1. The zero-order valence-corrected chi connectivity index (χ0v) is 11.0. The molecule has 0 atom stereocenters. The summed E-state index contributed by atoms with van der Waals surface area (Å²) in [5.74, 6) is -0.163. The Morgan fingerprint density at radius 2 is 2.28 bits per heavy atom. The minimum Gasteiger partial charge on any atom is -0.325 e. The van der Waals surface area contributed by atoms with Gasteiger partial charge in [-0.2, -0.15) is 0 Å². The molecule has 1 fully saturated rings. The van der Waals surface area contributed by atoms with E-state index in [-0.39, 0.29) is 12.5 Å². The number of halogens is 2. The van der Waals surface area contributed by atoms with E-state index in [0.717, 1.165) is 0 Å². The van der Waals surface area contributed by atoms with Crippen LogP contribution in [0.4, 0.5) is 10.1 Å². The third-order valence-corrected chi connectivity index (χ3v) is 3.10. The lowest BCUT2D eigenvalue weighted by Crippen LogP contribution is -2.35. The van der Waals surface area contributed by atoms with Gasteiger partial charge in [-0.05, 0) is 38.1 Å². The van der Waals surface area contributed by atoms with Crippen LogP contribution in [0.2, 0.25) is 5.02 Å². The molecule has 18 heavy (non-hydrogen) atoms. The van der Waals surface area contributed by atoms with Crippen molar-refractivity contribution in [3.05, 3.63) is 29.3 Å². The molecule has 1 aliphatic rings. The van der Waals surface area contributed by atoms with Crippen LogP contribution in [0.25, 0.3) is 0 Å². The van der Waals surface area contributed by atoms with Gasteiger partial charge in [0.1, 0.15) is 5.67 Å². The van der Waals surface area contributed by atoms with Crippen LogP contribution < -0.4 is 5.32 Å². The smallest absolute Gasteiger partial charge is 0.238 e. The maximum Gasteiger partial charge on any atom is 0.238 e. The number of alkyl halides is 1. The number of nitrogens with zero attached hydrogens (tertiary/aromatic N) is 1. The number of likely N-dealkylation sites (N-methyl/N-ethyl adjacent to an activating group) is 1. The molecule has 5 heteroatoms. The molecule has 1 aromatic carbocycles. The van der Waals surface area contributed by atoms with E-state index in [1.165, 1.54) is 0 Å². The highest BCUT2D eigenvalue weighted by Crippen LogP contribution is 2.40. The zero-order valence-electron chi connectivity index (χ0n) is 10.2. The molecule has 0 aliphatic heterocycles. The van der Waals surface area contributed by atoms with Gasteiger partial charge < -0.3 is 5.32 Å². The first-order valence-electron chi connectivity index (χ1n) is 5.90. The van der Waals surface area contributed by atoms with E-state index in [2.05, 4.69) is 5.32 Å². The van der Waals surface area contributed by atoms with Crippen LogP contribution in [-0.2, 0) is 4.79 Å². The van der Waals surface area contributed by atoms with Crippen molar-refractivity contribution in [3.8, 4) is 0 Å². The number of amides is 1. The lowest BCUT2D eigenvalue weighted by Gasteiger charge is -2.18. The van der Waals surface area contributed by atoms with Crippen molar-refractivity contribution < 1.29 is 9.18 Å². The van der Waals surface area contributed by atoms with Crippen molar-refractivity contribution >= 4 is 23.2 Å². The second-order valence-corrected chi connectivity index (χ2v) is 5.32. The fraction of sp³-hybridized carbons (Fsp3) is 0.462. The molecule has 0 aromatic heterocycles. The molecule has 0 heterocycles. The Labute approximate surface area is 111 Å². The van der Waals surface area contributed by atoms with Crippen LogP contribution in [0.5, 0.6) is 0 Å². The van der Waals surface area contributed by atoms with Crippen molar-refractivity contribution in [1.82, 2.24) is 4.90 Å². The standard InChI is InChI=1S/C13H16ClFN2O/c1-17(9-13(15)5-6-13)8-12(18)16-11-4-2-3-10(14)7-11/h2-4,7H,5-6,8-9H2,1H3,(H,16,18). The van der Waals surface area contributed by atoms with Crippen LogP contribution in [0, 0.1) is 0 Å². The van der Waals surface area contributed by atoms with E-state index in [9.17, 15) is 9.18 Å². The monoisotopic (exact) mass is 270 g/mol. The lowest BCUT2D eigenvalue weighted by molar-refractivity contribution is -0.117. The number of hydrogen-bond donors (Lipinski definition) is 1. The first kappa shape index (κ1) is 13.3. The number of rotatable bonds is 5. The molecule has 2 rings (SSSR count). The van der Waals surface area contributed by atoms with Crippen LogP contribution in [-0.4, -0.2) is 36.6 Å². The largest absolute Gasteiger partial charge is 0.325 e. The molecule has 0 bridgehead atoms. The average Bonchev–Trinajstić information content (AvgIpc) is 2.94. The molecule has 1 aromatic rings. The Morgan fingerprint density at radius 1 is 1.56 bits per heavy atom. The zero-order chi connectivity index (χ0) is 13.2. The third kappa shape index (κ3) is 3.96. The molecule has 0 saturated heterocycles. The summed E-state index contributed by atoms with van der Waals surface area (Å²) < 4.78 is 13.5.